The highest BCUT2D eigenvalue weighted by molar-refractivity contribution is 7.89. The van der Waals surface area contributed by atoms with E-state index in [-0.39, 0.29) is 16.8 Å². The van der Waals surface area contributed by atoms with Gasteiger partial charge in [0.15, 0.2) is 0 Å². The lowest BCUT2D eigenvalue weighted by molar-refractivity contribution is 0.0716. The lowest BCUT2D eigenvalue weighted by Crippen LogP contribution is -2.46. The van der Waals surface area contributed by atoms with E-state index in [4.69, 9.17) is 0 Å². The fraction of sp³-hybridized carbons (Fsp3) is 0.562. The molecule has 4 rings (SSSR count). The monoisotopic (exact) mass is 350 g/mol. The van der Waals surface area contributed by atoms with E-state index in [1.54, 1.807) is 24.3 Å². The van der Waals surface area contributed by atoms with Crippen molar-refractivity contribution in [1.82, 2.24) is 19.8 Å². The first kappa shape index (κ1) is 16.0. The largest absolute Gasteiger partial charge is 0.333 e. The van der Waals surface area contributed by atoms with Crippen molar-refractivity contribution in [3.05, 3.63) is 29.8 Å². The summed E-state index contributed by atoms with van der Waals surface area (Å²) in [6, 6.07) is 7.06. The summed E-state index contributed by atoms with van der Waals surface area (Å²) in [7, 11) is -3.47. The van der Waals surface area contributed by atoms with Crippen molar-refractivity contribution in [1.29, 1.82) is 0 Å². The zero-order chi connectivity index (χ0) is 16.7. The van der Waals surface area contributed by atoms with Gasteiger partial charge in [-0.15, -0.1) is 0 Å². The normalized spacial score (nSPS) is 27.6. The molecule has 3 fully saturated rings. The van der Waals surface area contributed by atoms with Crippen molar-refractivity contribution >= 4 is 15.9 Å². The van der Waals surface area contributed by atoms with Gasteiger partial charge in [0.25, 0.3) is 5.91 Å². The molecule has 3 aliphatic heterocycles. The summed E-state index contributed by atoms with van der Waals surface area (Å²) in [5, 5.41) is 6.52. The van der Waals surface area contributed by atoms with E-state index >= 15 is 0 Å². The van der Waals surface area contributed by atoms with Crippen molar-refractivity contribution in [3.63, 3.8) is 0 Å². The van der Waals surface area contributed by atoms with E-state index in [1.807, 2.05) is 4.90 Å². The number of nitrogens with zero attached hydrogens (tertiary/aromatic N) is 2. The quantitative estimate of drug-likeness (QED) is 0.766. The van der Waals surface area contributed by atoms with E-state index in [9.17, 15) is 13.2 Å². The number of fused-ring (bicyclic) bond motifs is 2. The second kappa shape index (κ2) is 6.11. The Bertz CT molecular complexity index is 728. The molecule has 3 aliphatic rings. The number of piperazine rings is 2. The van der Waals surface area contributed by atoms with Gasteiger partial charge in [-0.05, 0) is 30.7 Å². The van der Waals surface area contributed by atoms with Crippen LogP contribution in [0.5, 0.6) is 0 Å². The molecule has 1 aromatic rings. The van der Waals surface area contributed by atoms with Gasteiger partial charge in [0.1, 0.15) is 0 Å². The van der Waals surface area contributed by atoms with Crippen molar-refractivity contribution in [2.75, 3.05) is 39.3 Å². The minimum atomic E-state index is -3.47. The third-order valence-electron chi connectivity index (χ3n) is 5.13. The first-order valence-electron chi connectivity index (χ1n) is 8.41. The second-order valence-electron chi connectivity index (χ2n) is 6.63. The number of rotatable bonds is 3. The number of hydrogen-bond donors (Lipinski definition) is 2. The lowest BCUT2D eigenvalue weighted by atomic mass is 10.2. The maximum absolute atomic E-state index is 12.6. The molecule has 0 saturated carbocycles. The Morgan fingerprint density at radius 1 is 1.12 bits per heavy atom. The van der Waals surface area contributed by atoms with Crippen molar-refractivity contribution in [2.45, 2.75) is 23.4 Å². The highest BCUT2D eigenvalue weighted by Crippen LogP contribution is 2.25. The number of nitrogens with one attached hydrogen (secondary N) is 2. The third kappa shape index (κ3) is 2.73. The molecule has 3 saturated heterocycles. The SMILES string of the molecule is O=C(c1ccc(S(=O)(=O)N2CCNCC2)cc1)N1C[C@@H]2C[C@H]1CN2. The molecule has 0 spiro atoms. The summed E-state index contributed by atoms with van der Waals surface area (Å²) in [4.78, 5) is 14.8. The Morgan fingerprint density at radius 2 is 1.83 bits per heavy atom. The van der Waals surface area contributed by atoms with Gasteiger partial charge in [0, 0.05) is 56.9 Å². The van der Waals surface area contributed by atoms with Crippen LogP contribution in [-0.4, -0.2) is 74.9 Å². The maximum Gasteiger partial charge on any atom is 0.254 e. The molecule has 2 N–H and O–H groups in total. The number of hydrogen-bond acceptors (Lipinski definition) is 5. The van der Waals surface area contributed by atoms with Crippen LogP contribution in [-0.2, 0) is 10.0 Å². The molecule has 130 valence electrons. The van der Waals surface area contributed by atoms with Crippen LogP contribution in [0.4, 0.5) is 0 Å². The molecule has 0 radical (unpaired) electrons. The van der Waals surface area contributed by atoms with Crippen LogP contribution in [0.2, 0.25) is 0 Å². The summed E-state index contributed by atoms with van der Waals surface area (Å²) in [6.45, 7) is 3.89. The van der Waals surface area contributed by atoms with Gasteiger partial charge < -0.3 is 15.5 Å². The highest BCUT2D eigenvalue weighted by atomic mass is 32.2. The zero-order valence-corrected chi connectivity index (χ0v) is 14.3. The van der Waals surface area contributed by atoms with Gasteiger partial charge in [-0.3, -0.25) is 4.79 Å². The van der Waals surface area contributed by atoms with Crippen LogP contribution in [0.3, 0.4) is 0 Å². The van der Waals surface area contributed by atoms with Crippen LogP contribution in [0.25, 0.3) is 0 Å². The molecule has 1 aromatic carbocycles. The Balaban J connectivity index is 1.51. The number of carbonyl (C=O) groups is 1. The molecule has 0 unspecified atom stereocenters. The van der Waals surface area contributed by atoms with E-state index in [1.165, 1.54) is 4.31 Å². The smallest absolute Gasteiger partial charge is 0.254 e. The van der Waals surface area contributed by atoms with Gasteiger partial charge in [-0.2, -0.15) is 4.31 Å². The summed E-state index contributed by atoms with van der Waals surface area (Å²) in [5.74, 6) is -0.00452. The molecular weight excluding hydrogens is 328 g/mol. The van der Waals surface area contributed by atoms with Crippen molar-refractivity contribution < 1.29 is 13.2 Å². The van der Waals surface area contributed by atoms with Gasteiger partial charge >= 0.3 is 0 Å². The topological polar surface area (TPSA) is 81.8 Å². The van der Waals surface area contributed by atoms with Gasteiger partial charge in [-0.25, -0.2) is 8.42 Å². The zero-order valence-electron chi connectivity index (χ0n) is 13.4. The maximum atomic E-state index is 12.6. The Labute approximate surface area is 142 Å². The molecule has 2 bridgehead atoms. The number of likely N-dealkylation sites (tertiary alicyclic amines) is 1. The molecular formula is C16H22N4O3S. The average Bonchev–Trinajstić information content (AvgIpc) is 3.25. The van der Waals surface area contributed by atoms with E-state index in [0.29, 0.717) is 37.8 Å². The molecule has 8 heteroatoms. The molecule has 3 heterocycles. The first-order chi connectivity index (χ1) is 11.6. The third-order valence-corrected chi connectivity index (χ3v) is 7.05. The highest BCUT2D eigenvalue weighted by Gasteiger charge is 2.40. The summed E-state index contributed by atoms with van der Waals surface area (Å²) >= 11 is 0. The predicted octanol–water partition coefficient (Wildman–Crippen LogP) is -0.533. The van der Waals surface area contributed by atoms with Crippen LogP contribution in [0, 0.1) is 0 Å². The van der Waals surface area contributed by atoms with E-state index in [0.717, 1.165) is 19.5 Å². The Hall–Kier alpha value is -1.48. The number of carbonyl (C=O) groups excluding carboxylic acids is 1. The summed E-state index contributed by atoms with van der Waals surface area (Å²) in [6.07, 6.45) is 1.02. The lowest BCUT2D eigenvalue weighted by Gasteiger charge is -2.28. The van der Waals surface area contributed by atoms with Gasteiger partial charge in [0.2, 0.25) is 10.0 Å². The Morgan fingerprint density at radius 3 is 2.42 bits per heavy atom. The fourth-order valence-corrected chi connectivity index (χ4v) is 5.22. The summed E-state index contributed by atoms with van der Waals surface area (Å²) in [5.41, 5.74) is 0.557. The predicted molar refractivity (Wildman–Crippen MR) is 89.3 cm³/mol. The number of sulfonamides is 1. The van der Waals surface area contributed by atoms with Crippen LogP contribution >= 0.6 is 0 Å². The van der Waals surface area contributed by atoms with Crippen molar-refractivity contribution in [3.8, 4) is 0 Å². The molecule has 1 amide bonds. The van der Waals surface area contributed by atoms with E-state index < -0.39 is 10.0 Å². The average molecular weight is 350 g/mol. The summed E-state index contributed by atoms with van der Waals surface area (Å²) < 4.78 is 26.7. The molecule has 24 heavy (non-hydrogen) atoms. The van der Waals surface area contributed by atoms with Crippen molar-refractivity contribution in [2.24, 2.45) is 0 Å². The van der Waals surface area contributed by atoms with Crippen LogP contribution < -0.4 is 10.6 Å². The standard InChI is InChI=1S/C16H22N4O3S/c21-16(20-11-13-9-14(20)10-18-13)12-1-3-15(4-2-12)24(22,23)19-7-5-17-6-8-19/h1-4,13-14,17-18H,5-11H2/t13-,14-/m0/s1. The minimum absolute atomic E-state index is 0.00452. The van der Waals surface area contributed by atoms with Crippen LogP contribution in [0.1, 0.15) is 16.8 Å². The molecule has 2 atom stereocenters. The first-order valence-corrected chi connectivity index (χ1v) is 9.85. The number of amides is 1. The van der Waals surface area contributed by atoms with E-state index in [2.05, 4.69) is 10.6 Å². The number of benzene rings is 1. The molecule has 0 aromatic heterocycles. The second-order valence-corrected chi connectivity index (χ2v) is 8.57. The molecule has 7 nitrogen and oxygen atoms in total. The minimum Gasteiger partial charge on any atom is -0.333 e. The fourth-order valence-electron chi connectivity index (χ4n) is 3.78. The molecule has 0 aliphatic carbocycles. The van der Waals surface area contributed by atoms with Gasteiger partial charge in [-0.1, -0.05) is 0 Å². The van der Waals surface area contributed by atoms with Crippen LogP contribution in [0.15, 0.2) is 29.2 Å². The Kier molecular flexibility index (Phi) is 4.07. The van der Waals surface area contributed by atoms with Gasteiger partial charge in [0.05, 0.1) is 4.90 Å².